The van der Waals surface area contributed by atoms with Crippen LogP contribution in [0, 0.1) is 5.41 Å². The smallest absolute Gasteiger partial charge is 0.0950 e. The molecule has 3 rings (SSSR count). The summed E-state index contributed by atoms with van der Waals surface area (Å²) in [4.78, 5) is 0. The highest BCUT2D eigenvalue weighted by Gasteiger charge is 2.36. The fourth-order valence-electron chi connectivity index (χ4n) is 3.23. The summed E-state index contributed by atoms with van der Waals surface area (Å²) >= 11 is 12.0. The number of rotatable bonds is 1. The molecule has 0 aromatic heterocycles. The van der Waals surface area contributed by atoms with Crippen molar-refractivity contribution in [2.24, 2.45) is 5.41 Å². The van der Waals surface area contributed by atoms with Gasteiger partial charge in [-0.05, 0) is 30.5 Å². The number of hydrogen-bond acceptors (Lipinski definition) is 2. The molecule has 1 N–H and O–H groups in total. The van der Waals surface area contributed by atoms with Crippen LogP contribution in [0.2, 0.25) is 10.0 Å². The second-order valence-corrected chi connectivity index (χ2v) is 6.63. The van der Waals surface area contributed by atoms with Gasteiger partial charge < -0.3 is 10.1 Å². The topological polar surface area (TPSA) is 21.3 Å². The number of halogens is 2. The van der Waals surface area contributed by atoms with E-state index in [4.69, 9.17) is 27.9 Å². The average Bonchev–Trinajstić information content (AvgIpc) is 2.75. The summed E-state index contributed by atoms with van der Waals surface area (Å²) < 4.78 is 6.16. The molecule has 0 amide bonds. The Kier molecular flexibility index (Phi) is 4.04. The highest BCUT2D eigenvalue weighted by molar-refractivity contribution is 6.42. The maximum absolute atomic E-state index is 6.16. The first-order valence-corrected chi connectivity index (χ1v) is 7.71. The van der Waals surface area contributed by atoms with E-state index in [-0.39, 0.29) is 6.10 Å². The third-order valence-electron chi connectivity index (χ3n) is 4.40. The SMILES string of the molecule is Clc1ccc(C2CNCC3(CCCC3)CO2)cc1Cl. The molecule has 1 aromatic rings. The Hall–Kier alpha value is -0.280. The molecule has 1 aromatic carbocycles. The Balaban J connectivity index is 1.73. The summed E-state index contributed by atoms with van der Waals surface area (Å²) in [5, 5.41) is 4.76. The van der Waals surface area contributed by atoms with Gasteiger partial charge in [0.2, 0.25) is 0 Å². The monoisotopic (exact) mass is 299 g/mol. The maximum atomic E-state index is 6.16. The predicted octanol–water partition coefficient (Wildman–Crippen LogP) is 4.21. The van der Waals surface area contributed by atoms with Crippen LogP contribution in [0.4, 0.5) is 0 Å². The van der Waals surface area contributed by atoms with E-state index in [0.29, 0.717) is 15.5 Å². The van der Waals surface area contributed by atoms with Crippen LogP contribution in [0.3, 0.4) is 0 Å². The zero-order chi connectivity index (χ0) is 13.3. The van der Waals surface area contributed by atoms with Crippen molar-refractivity contribution in [1.29, 1.82) is 0 Å². The van der Waals surface area contributed by atoms with Crippen molar-refractivity contribution in [3.05, 3.63) is 33.8 Å². The molecule has 1 atom stereocenters. The lowest BCUT2D eigenvalue weighted by Crippen LogP contribution is -2.32. The lowest BCUT2D eigenvalue weighted by atomic mass is 9.87. The van der Waals surface area contributed by atoms with Crippen LogP contribution < -0.4 is 5.32 Å². The van der Waals surface area contributed by atoms with E-state index in [1.807, 2.05) is 18.2 Å². The van der Waals surface area contributed by atoms with Crippen molar-refractivity contribution in [2.45, 2.75) is 31.8 Å². The largest absolute Gasteiger partial charge is 0.372 e. The number of hydrogen-bond donors (Lipinski definition) is 1. The third-order valence-corrected chi connectivity index (χ3v) is 5.14. The van der Waals surface area contributed by atoms with E-state index in [1.165, 1.54) is 25.7 Å². The van der Waals surface area contributed by atoms with Crippen LogP contribution in [-0.4, -0.2) is 19.7 Å². The predicted molar refractivity (Wildman–Crippen MR) is 78.9 cm³/mol. The molecule has 2 nitrogen and oxygen atoms in total. The van der Waals surface area contributed by atoms with Gasteiger partial charge in [-0.2, -0.15) is 0 Å². The summed E-state index contributed by atoms with van der Waals surface area (Å²) in [7, 11) is 0. The molecular formula is C15H19Cl2NO. The van der Waals surface area contributed by atoms with Crippen molar-refractivity contribution >= 4 is 23.2 Å². The number of nitrogens with one attached hydrogen (secondary N) is 1. The first-order chi connectivity index (χ1) is 9.19. The fraction of sp³-hybridized carbons (Fsp3) is 0.600. The molecule has 1 saturated heterocycles. The van der Waals surface area contributed by atoms with E-state index >= 15 is 0 Å². The van der Waals surface area contributed by atoms with E-state index in [9.17, 15) is 0 Å². The fourth-order valence-corrected chi connectivity index (χ4v) is 3.54. The first-order valence-electron chi connectivity index (χ1n) is 6.96. The Morgan fingerprint density at radius 2 is 1.95 bits per heavy atom. The molecule has 0 radical (unpaired) electrons. The zero-order valence-electron chi connectivity index (χ0n) is 10.9. The molecular weight excluding hydrogens is 281 g/mol. The summed E-state index contributed by atoms with van der Waals surface area (Å²) in [6.07, 6.45) is 5.32. The molecule has 1 aliphatic carbocycles. The molecule has 0 bridgehead atoms. The van der Waals surface area contributed by atoms with E-state index in [0.717, 1.165) is 25.3 Å². The quantitative estimate of drug-likeness (QED) is 0.838. The molecule has 19 heavy (non-hydrogen) atoms. The molecule has 1 heterocycles. The van der Waals surface area contributed by atoms with E-state index in [1.54, 1.807) is 0 Å². The van der Waals surface area contributed by atoms with Crippen LogP contribution in [0.25, 0.3) is 0 Å². The van der Waals surface area contributed by atoms with Gasteiger partial charge in [0.1, 0.15) is 0 Å². The van der Waals surface area contributed by atoms with Crippen LogP contribution in [0.5, 0.6) is 0 Å². The Labute approximate surface area is 124 Å². The molecule has 2 aliphatic rings. The normalized spacial score (nSPS) is 26.5. The van der Waals surface area contributed by atoms with Crippen LogP contribution in [0.15, 0.2) is 18.2 Å². The van der Waals surface area contributed by atoms with Gasteiger partial charge in [-0.25, -0.2) is 0 Å². The van der Waals surface area contributed by atoms with Gasteiger partial charge in [-0.3, -0.25) is 0 Å². The van der Waals surface area contributed by atoms with Gasteiger partial charge in [0.25, 0.3) is 0 Å². The summed E-state index contributed by atoms with van der Waals surface area (Å²) in [5.41, 5.74) is 1.47. The maximum Gasteiger partial charge on any atom is 0.0950 e. The van der Waals surface area contributed by atoms with Gasteiger partial charge in [0.15, 0.2) is 0 Å². The third kappa shape index (κ3) is 2.92. The van der Waals surface area contributed by atoms with Crippen LogP contribution in [-0.2, 0) is 4.74 Å². The van der Waals surface area contributed by atoms with Crippen molar-refractivity contribution in [2.75, 3.05) is 19.7 Å². The molecule has 1 spiro atoms. The summed E-state index contributed by atoms with van der Waals surface area (Å²) in [6.45, 7) is 2.77. The molecule has 2 fully saturated rings. The standard InChI is InChI=1S/C15H19Cl2NO/c16-12-4-3-11(7-13(12)17)14-8-18-9-15(10-19-14)5-1-2-6-15/h3-4,7,14,18H,1-2,5-6,8-10H2. The molecule has 1 unspecified atom stereocenters. The van der Waals surface area contributed by atoms with Crippen LogP contribution in [0.1, 0.15) is 37.4 Å². The average molecular weight is 300 g/mol. The Bertz CT molecular complexity index is 457. The minimum absolute atomic E-state index is 0.0785. The van der Waals surface area contributed by atoms with Crippen molar-refractivity contribution in [1.82, 2.24) is 5.32 Å². The lowest BCUT2D eigenvalue weighted by Gasteiger charge is -2.26. The number of ether oxygens (including phenoxy) is 1. The Morgan fingerprint density at radius 3 is 2.68 bits per heavy atom. The molecule has 1 aliphatic heterocycles. The van der Waals surface area contributed by atoms with Crippen LogP contribution >= 0.6 is 23.2 Å². The second kappa shape index (κ2) is 5.61. The van der Waals surface area contributed by atoms with Gasteiger partial charge in [-0.1, -0.05) is 42.1 Å². The first kappa shape index (κ1) is 13.7. The minimum atomic E-state index is 0.0785. The lowest BCUT2D eigenvalue weighted by molar-refractivity contribution is 0.0158. The molecule has 1 saturated carbocycles. The van der Waals surface area contributed by atoms with Crippen molar-refractivity contribution in [3.63, 3.8) is 0 Å². The van der Waals surface area contributed by atoms with Gasteiger partial charge in [0.05, 0.1) is 22.8 Å². The highest BCUT2D eigenvalue weighted by atomic mass is 35.5. The van der Waals surface area contributed by atoms with Crippen molar-refractivity contribution < 1.29 is 4.74 Å². The minimum Gasteiger partial charge on any atom is -0.372 e. The Morgan fingerprint density at radius 1 is 1.16 bits per heavy atom. The van der Waals surface area contributed by atoms with E-state index < -0.39 is 0 Å². The summed E-state index contributed by atoms with van der Waals surface area (Å²) in [5.74, 6) is 0. The summed E-state index contributed by atoms with van der Waals surface area (Å²) in [6, 6.07) is 5.77. The van der Waals surface area contributed by atoms with Gasteiger partial charge in [0, 0.05) is 18.5 Å². The molecule has 104 valence electrons. The van der Waals surface area contributed by atoms with E-state index in [2.05, 4.69) is 5.32 Å². The number of benzene rings is 1. The highest BCUT2D eigenvalue weighted by Crippen LogP contribution is 2.40. The second-order valence-electron chi connectivity index (χ2n) is 5.81. The van der Waals surface area contributed by atoms with Crippen molar-refractivity contribution in [3.8, 4) is 0 Å². The van der Waals surface area contributed by atoms with Gasteiger partial charge in [-0.15, -0.1) is 0 Å². The molecule has 4 heteroatoms. The zero-order valence-corrected chi connectivity index (χ0v) is 12.4. The van der Waals surface area contributed by atoms with Gasteiger partial charge >= 0.3 is 0 Å².